The summed E-state index contributed by atoms with van der Waals surface area (Å²) < 4.78 is 27.7. The van der Waals surface area contributed by atoms with Gasteiger partial charge in [-0.1, -0.05) is 11.3 Å². The number of halogens is 1. The lowest BCUT2D eigenvalue weighted by molar-refractivity contribution is -0.120. The second-order valence-electron chi connectivity index (χ2n) is 8.33. The zero-order valence-corrected chi connectivity index (χ0v) is 21.6. The number of nitriles is 1. The van der Waals surface area contributed by atoms with Crippen LogP contribution in [0, 0.1) is 24.1 Å². The number of carbonyl (C=O) groups is 1. The van der Waals surface area contributed by atoms with Crippen molar-refractivity contribution in [1.82, 2.24) is 24.1 Å². The van der Waals surface area contributed by atoms with Crippen LogP contribution in [0.1, 0.15) is 36.6 Å². The molecule has 3 aromatic heterocycles. The minimum absolute atomic E-state index is 0.0119. The topological polar surface area (TPSA) is 160 Å². The van der Waals surface area contributed by atoms with Crippen molar-refractivity contribution in [2.75, 3.05) is 13.7 Å². The summed E-state index contributed by atoms with van der Waals surface area (Å²) in [6.07, 6.45) is 2.03. The summed E-state index contributed by atoms with van der Waals surface area (Å²) in [6, 6.07) is 4.60. The van der Waals surface area contributed by atoms with Crippen LogP contribution in [-0.4, -0.2) is 43.8 Å². The first-order valence-corrected chi connectivity index (χ1v) is 12.3. The second-order valence-corrected chi connectivity index (χ2v) is 9.31. The SMILES string of the molecule is COc1ccc(F)cc1[C@H](Cn1c(=O)n([C@@H](C)C(N)=O)c(=O)c2c(C)c(-n3nccn3)sc21)OCCC#N. The van der Waals surface area contributed by atoms with E-state index in [1.54, 1.807) is 6.92 Å². The average molecular weight is 542 g/mol. The standard InChI is InChI=1S/C24H24FN7O5S/c1-13-19-21(34)31(14(2)20(27)33)24(35)30(23(19)38-22(13)32-28-8-9-29-32)12-18(37-10-4-7-26)16-11-15(25)5-6-17(16)36-3/h5-6,8-9,11,14,18H,4,10,12H2,1-3H3,(H2,27,33)/t14-,18-/m0/s1. The molecule has 0 radical (unpaired) electrons. The molecule has 38 heavy (non-hydrogen) atoms. The van der Waals surface area contributed by atoms with Crippen LogP contribution in [0.15, 0.2) is 40.2 Å². The van der Waals surface area contributed by atoms with E-state index in [4.69, 9.17) is 20.5 Å². The lowest BCUT2D eigenvalue weighted by atomic mass is 10.1. The van der Waals surface area contributed by atoms with Gasteiger partial charge in [0, 0.05) is 11.1 Å². The number of nitrogens with two attached hydrogens (primary N) is 1. The first-order valence-electron chi connectivity index (χ1n) is 11.5. The molecule has 2 atom stereocenters. The number of amides is 1. The summed E-state index contributed by atoms with van der Waals surface area (Å²) in [5.74, 6) is -1.12. The molecule has 0 aliphatic heterocycles. The van der Waals surface area contributed by atoms with Gasteiger partial charge < -0.3 is 15.2 Å². The lowest BCUT2D eigenvalue weighted by Crippen LogP contribution is -2.45. The second kappa shape index (κ2) is 11.0. The molecule has 0 unspecified atom stereocenters. The fourth-order valence-corrected chi connectivity index (χ4v) is 5.32. The molecule has 4 aromatic rings. The van der Waals surface area contributed by atoms with E-state index in [1.807, 2.05) is 6.07 Å². The highest BCUT2D eigenvalue weighted by molar-refractivity contribution is 7.21. The van der Waals surface area contributed by atoms with E-state index < -0.39 is 35.1 Å². The largest absolute Gasteiger partial charge is 0.496 e. The maximum Gasteiger partial charge on any atom is 0.332 e. The molecule has 0 fully saturated rings. The molecule has 1 aromatic carbocycles. The quantitative estimate of drug-likeness (QED) is 0.298. The van der Waals surface area contributed by atoms with E-state index in [2.05, 4.69) is 10.2 Å². The van der Waals surface area contributed by atoms with Gasteiger partial charge in [0.2, 0.25) is 5.91 Å². The summed E-state index contributed by atoms with van der Waals surface area (Å²) in [4.78, 5) is 40.9. The number of aryl methyl sites for hydroxylation is 1. The first-order chi connectivity index (χ1) is 18.2. The van der Waals surface area contributed by atoms with Gasteiger partial charge in [-0.05, 0) is 32.0 Å². The van der Waals surface area contributed by atoms with Gasteiger partial charge in [0.15, 0.2) is 0 Å². The molecule has 0 aliphatic rings. The van der Waals surface area contributed by atoms with Gasteiger partial charge in [0.25, 0.3) is 5.56 Å². The van der Waals surface area contributed by atoms with Crippen LogP contribution < -0.4 is 21.7 Å². The van der Waals surface area contributed by atoms with Gasteiger partial charge >= 0.3 is 5.69 Å². The normalized spacial score (nSPS) is 12.8. The summed E-state index contributed by atoms with van der Waals surface area (Å²) in [5, 5.41) is 17.9. The Morgan fingerprint density at radius 3 is 2.63 bits per heavy atom. The molecule has 1 amide bonds. The van der Waals surface area contributed by atoms with Gasteiger partial charge in [-0.25, -0.2) is 13.8 Å². The van der Waals surface area contributed by atoms with Crippen molar-refractivity contribution in [1.29, 1.82) is 5.26 Å². The Morgan fingerprint density at radius 2 is 2.00 bits per heavy atom. The third-order valence-electron chi connectivity index (χ3n) is 6.04. The first kappa shape index (κ1) is 26.7. The Bertz CT molecular complexity index is 1650. The van der Waals surface area contributed by atoms with Crippen LogP contribution in [0.5, 0.6) is 5.75 Å². The van der Waals surface area contributed by atoms with Crippen LogP contribution in [0.2, 0.25) is 0 Å². The Hall–Kier alpha value is -4.35. The van der Waals surface area contributed by atoms with E-state index in [-0.39, 0.29) is 29.8 Å². The fourth-order valence-electron chi connectivity index (χ4n) is 4.10. The molecule has 0 aliphatic carbocycles. The zero-order valence-electron chi connectivity index (χ0n) is 20.8. The number of benzene rings is 1. The van der Waals surface area contributed by atoms with E-state index in [0.717, 1.165) is 15.9 Å². The van der Waals surface area contributed by atoms with Crippen LogP contribution in [0.3, 0.4) is 0 Å². The summed E-state index contributed by atoms with van der Waals surface area (Å²) in [6.45, 7) is 2.83. The molecule has 0 saturated carbocycles. The van der Waals surface area contributed by atoms with Gasteiger partial charge in [0.05, 0.1) is 50.5 Å². The van der Waals surface area contributed by atoms with E-state index >= 15 is 0 Å². The molecule has 2 N–H and O–H groups in total. The average Bonchev–Trinajstić information content (AvgIpc) is 3.53. The van der Waals surface area contributed by atoms with Crippen LogP contribution in [0.25, 0.3) is 15.2 Å². The number of hydrogen-bond acceptors (Lipinski definition) is 9. The van der Waals surface area contributed by atoms with Crippen molar-refractivity contribution in [3.05, 3.63) is 68.4 Å². The number of aromatic nitrogens is 5. The minimum Gasteiger partial charge on any atom is -0.496 e. The van der Waals surface area contributed by atoms with Gasteiger partial charge in [-0.15, -0.1) is 4.80 Å². The number of rotatable bonds is 10. The van der Waals surface area contributed by atoms with E-state index in [9.17, 15) is 18.8 Å². The maximum absolute atomic E-state index is 14.3. The number of thiophene rings is 1. The lowest BCUT2D eigenvalue weighted by Gasteiger charge is -2.23. The molecule has 0 spiro atoms. The van der Waals surface area contributed by atoms with Crippen LogP contribution in [-0.2, 0) is 16.1 Å². The molecule has 14 heteroatoms. The molecule has 0 bridgehead atoms. The van der Waals surface area contributed by atoms with Crippen molar-refractivity contribution in [2.24, 2.45) is 5.73 Å². The third kappa shape index (κ3) is 4.81. The smallest absolute Gasteiger partial charge is 0.332 e. The Kier molecular flexibility index (Phi) is 7.70. The monoisotopic (exact) mass is 541 g/mol. The van der Waals surface area contributed by atoms with Gasteiger partial charge in [-0.2, -0.15) is 15.5 Å². The highest BCUT2D eigenvalue weighted by Gasteiger charge is 2.28. The number of primary amides is 1. The number of ether oxygens (including phenoxy) is 2. The van der Waals surface area contributed by atoms with Gasteiger partial charge in [-0.3, -0.25) is 14.2 Å². The number of methoxy groups -OCH3 is 1. The van der Waals surface area contributed by atoms with Gasteiger partial charge in [0.1, 0.15) is 33.5 Å². The Morgan fingerprint density at radius 1 is 1.29 bits per heavy atom. The molecular weight excluding hydrogens is 517 g/mol. The van der Waals surface area contributed by atoms with Crippen molar-refractivity contribution in [3.8, 4) is 16.8 Å². The third-order valence-corrected chi connectivity index (χ3v) is 7.32. The van der Waals surface area contributed by atoms with Crippen LogP contribution in [0.4, 0.5) is 4.39 Å². The van der Waals surface area contributed by atoms with Crippen LogP contribution >= 0.6 is 11.3 Å². The highest BCUT2D eigenvalue weighted by atomic mass is 32.1. The summed E-state index contributed by atoms with van der Waals surface area (Å²) in [7, 11) is 1.41. The molecule has 3 heterocycles. The molecule has 198 valence electrons. The minimum atomic E-state index is -1.25. The van der Waals surface area contributed by atoms with Crippen molar-refractivity contribution in [3.63, 3.8) is 0 Å². The Balaban J connectivity index is 2.00. The molecular formula is C24H24FN7O5S. The number of carbonyl (C=O) groups excluding carboxylic acids is 1. The van der Waals surface area contributed by atoms with E-state index in [0.29, 0.717) is 21.9 Å². The molecule has 0 saturated heterocycles. The number of hydrogen-bond donors (Lipinski definition) is 1. The zero-order chi connectivity index (χ0) is 27.6. The van der Waals surface area contributed by atoms with Crippen molar-refractivity contribution in [2.45, 2.75) is 39.0 Å². The molecule has 12 nitrogen and oxygen atoms in total. The van der Waals surface area contributed by atoms with Crippen molar-refractivity contribution >= 4 is 27.5 Å². The number of nitrogens with zero attached hydrogens (tertiary/aromatic N) is 6. The molecule has 4 rings (SSSR count). The predicted molar refractivity (Wildman–Crippen MR) is 136 cm³/mol. The predicted octanol–water partition coefficient (Wildman–Crippen LogP) is 1.98. The Labute approximate surface area is 219 Å². The summed E-state index contributed by atoms with van der Waals surface area (Å²) >= 11 is 1.10. The summed E-state index contributed by atoms with van der Waals surface area (Å²) in [5.41, 5.74) is 4.77. The van der Waals surface area contributed by atoms with Crippen molar-refractivity contribution < 1.29 is 18.7 Å². The van der Waals surface area contributed by atoms with E-state index in [1.165, 1.54) is 54.0 Å². The fraction of sp³-hybridized carbons (Fsp3) is 0.333. The maximum atomic E-state index is 14.3. The highest BCUT2D eigenvalue weighted by Crippen LogP contribution is 2.34. The number of fused-ring (bicyclic) bond motifs is 1.